The zero-order valence-electron chi connectivity index (χ0n) is 14.1. The summed E-state index contributed by atoms with van der Waals surface area (Å²) in [5, 5.41) is 5.36. The molecule has 8 nitrogen and oxygen atoms in total. The molecule has 4 rings (SSSR count). The maximum Gasteiger partial charge on any atom is 0.344 e. The maximum absolute atomic E-state index is 12.8. The van der Waals surface area contributed by atoms with Gasteiger partial charge in [-0.2, -0.15) is 5.01 Å². The Hall–Kier alpha value is -3.46. The molecule has 1 fully saturated rings. The van der Waals surface area contributed by atoms with Crippen molar-refractivity contribution in [1.82, 2.24) is 20.7 Å². The minimum absolute atomic E-state index is 0.0836. The summed E-state index contributed by atoms with van der Waals surface area (Å²) in [4.78, 5) is 41.7. The molecule has 1 aromatic carbocycles. The zero-order valence-corrected chi connectivity index (χ0v) is 14.9. The van der Waals surface area contributed by atoms with E-state index in [-0.39, 0.29) is 5.69 Å². The van der Waals surface area contributed by atoms with Crippen LogP contribution in [0.4, 0.5) is 4.79 Å². The third-order valence-electron chi connectivity index (χ3n) is 4.22. The van der Waals surface area contributed by atoms with E-state index < -0.39 is 23.4 Å². The second-order valence-corrected chi connectivity index (χ2v) is 6.88. The van der Waals surface area contributed by atoms with Gasteiger partial charge in [-0.05, 0) is 24.6 Å². The Morgan fingerprint density at radius 1 is 1.22 bits per heavy atom. The highest BCUT2D eigenvalue weighted by molar-refractivity contribution is 7.13. The smallest absolute Gasteiger partial charge is 0.344 e. The van der Waals surface area contributed by atoms with Gasteiger partial charge in [0.15, 0.2) is 10.8 Å². The lowest BCUT2D eigenvalue weighted by Crippen LogP contribution is -2.48. The molecule has 1 unspecified atom stereocenters. The van der Waals surface area contributed by atoms with E-state index in [1.54, 1.807) is 43.3 Å². The number of furan rings is 1. The lowest BCUT2D eigenvalue weighted by molar-refractivity contribution is -0.132. The number of benzene rings is 1. The standard InChI is InChI=1S/C18H14N4O4S/c1-18(11-6-3-2-4-7-11)16(24)22(17(25)20-18)21-14(23)12-10-27-15(19-12)13-8-5-9-26-13/h2-10H,1H3,(H,20,25)(H,21,23). The molecule has 3 aromatic rings. The summed E-state index contributed by atoms with van der Waals surface area (Å²) in [5.74, 6) is -0.705. The Morgan fingerprint density at radius 3 is 2.70 bits per heavy atom. The van der Waals surface area contributed by atoms with E-state index >= 15 is 0 Å². The average molecular weight is 382 g/mol. The normalized spacial score (nSPS) is 19.2. The van der Waals surface area contributed by atoms with Gasteiger partial charge in [-0.25, -0.2) is 9.78 Å². The van der Waals surface area contributed by atoms with Crippen molar-refractivity contribution in [2.75, 3.05) is 0 Å². The van der Waals surface area contributed by atoms with Crippen molar-refractivity contribution in [3.05, 3.63) is 65.4 Å². The van der Waals surface area contributed by atoms with Crippen LogP contribution in [0.2, 0.25) is 0 Å². The Kier molecular flexibility index (Phi) is 4.00. The molecule has 0 bridgehead atoms. The van der Waals surface area contributed by atoms with Crippen LogP contribution in [0.15, 0.2) is 58.5 Å². The highest BCUT2D eigenvalue weighted by atomic mass is 32.1. The monoisotopic (exact) mass is 382 g/mol. The molecule has 3 heterocycles. The first-order valence-electron chi connectivity index (χ1n) is 8.01. The van der Waals surface area contributed by atoms with Crippen LogP contribution in [0.3, 0.4) is 0 Å². The van der Waals surface area contributed by atoms with E-state index in [9.17, 15) is 14.4 Å². The lowest BCUT2D eigenvalue weighted by atomic mass is 9.92. The van der Waals surface area contributed by atoms with E-state index in [0.29, 0.717) is 21.3 Å². The van der Waals surface area contributed by atoms with Crippen molar-refractivity contribution in [2.24, 2.45) is 0 Å². The quantitative estimate of drug-likeness (QED) is 0.675. The predicted octanol–water partition coefficient (Wildman–Crippen LogP) is 2.52. The molecule has 1 atom stereocenters. The molecule has 0 saturated carbocycles. The molecule has 2 aromatic heterocycles. The summed E-state index contributed by atoms with van der Waals surface area (Å²) in [6, 6.07) is 11.6. The van der Waals surface area contributed by atoms with E-state index in [1.807, 2.05) is 6.07 Å². The summed E-state index contributed by atoms with van der Waals surface area (Å²) < 4.78 is 5.24. The first-order valence-corrected chi connectivity index (χ1v) is 8.89. The molecule has 27 heavy (non-hydrogen) atoms. The SMILES string of the molecule is CC1(c2ccccc2)NC(=O)N(NC(=O)c2csc(-c3ccco3)n2)C1=O. The van der Waals surface area contributed by atoms with E-state index in [2.05, 4.69) is 15.7 Å². The van der Waals surface area contributed by atoms with Crippen LogP contribution in [0.1, 0.15) is 23.0 Å². The Labute approximate surface area is 157 Å². The molecule has 0 spiro atoms. The van der Waals surface area contributed by atoms with Crippen molar-refractivity contribution in [2.45, 2.75) is 12.5 Å². The van der Waals surface area contributed by atoms with E-state index in [1.165, 1.54) is 23.0 Å². The van der Waals surface area contributed by atoms with Gasteiger partial charge in [-0.1, -0.05) is 30.3 Å². The molecule has 1 saturated heterocycles. The van der Waals surface area contributed by atoms with Gasteiger partial charge in [-0.15, -0.1) is 11.3 Å². The third-order valence-corrected chi connectivity index (χ3v) is 5.08. The van der Waals surface area contributed by atoms with Crippen molar-refractivity contribution in [3.8, 4) is 10.8 Å². The highest BCUT2D eigenvalue weighted by Gasteiger charge is 2.50. The van der Waals surface area contributed by atoms with Crippen molar-refractivity contribution in [3.63, 3.8) is 0 Å². The number of thiazole rings is 1. The topological polar surface area (TPSA) is 105 Å². The van der Waals surface area contributed by atoms with E-state index in [4.69, 9.17) is 4.42 Å². The molecule has 9 heteroatoms. The number of nitrogens with one attached hydrogen (secondary N) is 2. The zero-order chi connectivity index (χ0) is 19.0. The molecule has 0 radical (unpaired) electrons. The van der Waals surface area contributed by atoms with Crippen LogP contribution in [0.5, 0.6) is 0 Å². The molecular formula is C18H14N4O4S. The van der Waals surface area contributed by atoms with Crippen LogP contribution in [0, 0.1) is 0 Å². The molecule has 2 N–H and O–H groups in total. The fraction of sp³-hybridized carbons (Fsp3) is 0.111. The first-order chi connectivity index (χ1) is 13.0. The summed E-state index contributed by atoms with van der Waals surface area (Å²) in [5.41, 5.74) is 1.77. The summed E-state index contributed by atoms with van der Waals surface area (Å²) in [6.07, 6.45) is 1.51. The van der Waals surface area contributed by atoms with E-state index in [0.717, 1.165) is 0 Å². The molecule has 4 amide bonds. The number of urea groups is 1. The number of hydrogen-bond acceptors (Lipinski definition) is 6. The summed E-state index contributed by atoms with van der Waals surface area (Å²) >= 11 is 1.22. The fourth-order valence-electron chi connectivity index (χ4n) is 2.76. The van der Waals surface area contributed by atoms with Gasteiger partial charge in [0.25, 0.3) is 11.8 Å². The van der Waals surface area contributed by atoms with Crippen LogP contribution in [0.25, 0.3) is 10.8 Å². The number of amides is 4. The minimum atomic E-state index is -1.26. The molecule has 136 valence electrons. The number of nitrogens with zero attached hydrogens (tertiary/aromatic N) is 2. The number of carbonyl (C=O) groups is 3. The second kappa shape index (κ2) is 6.36. The third kappa shape index (κ3) is 2.87. The average Bonchev–Trinajstić information content (AvgIpc) is 3.40. The second-order valence-electron chi connectivity index (χ2n) is 6.02. The van der Waals surface area contributed by atoms with Crippen LogP contribution >= 0.6 is 11.3 Å². The molecular weight excluding hydrogens is 368 g/mol. The molecule has 1 aliphatic heterocycles. The highest BCUT2D eigenvalue weighted by Crippen LogP contribution is 2.28. The van der Waals surface area contributed by atoms with Gasteiger partial charge < -0.3 is 9.73 Å². The van der Waals surface area contributed by atoms with Gasteiger partial charge in [0.05, 0.1) is 6.26 Å². The number of aromatic nitrogens is 1. The van der Waals surface area contributed by atoms with Gasteiger partial charge in [-0.3, -0.25) is 15.0 Å². The first kappa shape index (κ1) is 17.0. The van der Waals surface area contributed by atoms with Gasteiger partial charge in [0, 0.05) is 5.38 Å². The van der Waals surface area contributed by atoms with Crippen LogP contribution in [-0.2, 0) is 10.3 Å². The molecule has 0 aliphatic carbocycles. The minimum Gasteiger partial charge on any atom is -0.462 e. The van der Waals surface area contributed by atoms with Crippen molar-refractivity contribution < 1.29 is 18.8 Å². The fourth-order valence-corrected chi connectivity index (χ4v) is 3.52. The number of imide groups is 1. The Morgan fingerprint density at radius 2 is 2.00 bits per heavy atom. The number of carbonyl (C=O) groups excluding carboxylic acids is 3. The van der Waals surface area contributed by atoms with Gasteiger partial charge in [0.2, 0.25) is 0 Å². The van der Waals surface area contributed by atoms with Gasteiger partial charge in [0.1, 0.15) is 11.2 Å². The molecule has 1 aliphatic rings. The maximum atomic E-state index is 12.8. The van der Waals surface area contributed by atoms with Crippen molar-refractivity contribution in [1.29, 1.82) is 0 Å². The van der Waals surface area contributed by atoms with Gasteiger partial charge >= 0.3 is 6.03 Å². The summed E-state index contributed by atoms with van der Waals surface area (Å²) in [7, 11) is 0. The summed E-state index contributed by atoms with van der Waals surface area (Å²) in [6.45, 7) is 1.59. The van der Waals surface area contributed by atoms with Crippen LogP contribution in [-0.4, -0.2) is 27.8 Å². The Balaban J connectivity index is 1.53. The van der Waals surface area contributed by atoms with Crippen LogP contribution < -0.4 is 10.7 Å². The van der Waals surface area contributed by atoms with Crippen molar-refractivity contribution >= 4 is 29.2 Å². The predicted molar refractivity (Wildman–Crippen MR) is 96.5 cm³/mol. The number of rotatable bonds is 4. The lowest BCUT2D eigenvalue weighted by Gasteiger charge is -2.21. The largest absolute Gasteiger partial charge is 0.462 e. The number of hydrazine groups is 1. The number of hydrogen-bond donors (Lipinski definition) is 2. The Bertz CT molecular complexity index is 1020.